The smallest absolute Gasteiger partial charge is 0.257 e. The van der Waals surface area contributed by atoms with Gasteiger partial charge in [0, 0.05) is 37.0 Å². The van der Waals surface area contributed by atoms with Gasteiger partial charge >= 0.3 is 0 Å². The van der Waals surface area contributed by atoms with E-state index in [9.17, 15) is 4.79 Å². The summed E-state index contributed by atoms with van der Waals surface area (Å²) in [6, 6.07) is 3.52. The zero-order valence-corrected chi connectivity index (χ0v) is 13.9. The summed E-state index contributed by atoms with van der Waals surface area (Å²) in [4.78, 5) is 22.4. The lowest BCUT2D eigenvalue weighted by atomic mass is 10.0. The highest BCUT2D eigenvalue weighted by molar-refractivity contribution is 6.29. The molecule has 0 radical (unpaired) electrons. The first-order chi connectivity index (χ1) is 11.6. The van der Waals surface area contributed by atoms with E-state index in [4.69, 9.17) is 21.3 Å². The van der Waals surface area contributed by atoms with Crippen LogP contribution in [0.15, 0.2) is 22.9 Å². The van der Waals surface area contributed by atoms with Crippen LogP contribution in [0.4, 0.5) is 5.82 Å². The molecule has 1 fully saturated rings. The maximum absolute atomic E-state index is 12.5. The number of aromatic nitrogens is 2. The number of hydrogen-bond acceptors (Lipinski definition) is 6. The Morgan fingerprint density at radius 3 is 3.12 bits per heavy atom. The number of hydrogen-bond donors (Lipinski definition) is 1. The maximum atomic E-state index is 12.5. The molecular formula is C16H16ClN5O2. The molecule has 0 spiro atoms. The summed E-state index contributed by atoms with van der Waals surface area (Å²) in [5, 5.41) is 12.4. The Morgan fingerprint density at radius 1 is 1.58 bits per heavy atom. The van der Waals surface area contributed by atoms with Crippen molar-refractivity contribution < 1.29 is 9.21 Å². The first kappa shape index (κ1) is 16.3. The van der Waals surface area contributed by atoms with Crippen molar-refractivity contribution in [3.63, 3.8) is 0 Å². The molecule has 0 bridgehead atoms. The predicted octanol–water partition coefficient (Wildman–Crippen LogP) is 2.62. The van der Waals surface area contributed by atoms with Crippen molar-refractivity contribution in [2.45, 2.75) is 25.8 Å². The summed E-state index contributed by atoms with van der Waals surface area (Å²) < 4.78 is 4.99. The predicted molar refractivity (Wildman–Crippen MR) is 87.8 cm³/mol. The van der Waals surface area contributed by atoms with Crippen molar-refractivity contribution in [1.82, 2.24) is 14.9 Å². The van der Waals surface area contributed by atoms with E-state index < -0.39 is 0 Å². The molecule has 1 saturated heterocycles. The molecule has 0 aliphatic carbocycles. The number of nitrogens with zero attached hydrogens (tertiary/aromatic N) is 4. The topological polar surface area (TPSA) is 95.0 Å². The molecule has 8 heteroatoms. The molecule has 0 unspecified atom stereocenters. The van der Waals surface area contributed by atoms with Gasteiger partial charge in [-0.2, -0.15) is 5.26 Å². The molecular weight excluding hydrogens is 330 g/mol. The number of furan rings is 1. The lowest BCUT2D eigenvalue weighted by molar-refractivity contribution is 0.0714. The molecule has 3 heterocycles. The fourth-order valence-corrected chi connectivity index (χ4v) is 2.88. The van der Waals surface area contributed by atoms with Gasteiger partial charge in [0.2, 0.25) is 5.82 Å². The second-order valence-corrected chi connectivity index (χ2v) is 6.08. The number of nitrogens with one attached hydrogen (secondary N) is 1. The van der Waals surface area contributed by atoms with Gasteiger partial charge in [0.15, 0.2) is 5.22 Å². The molecule has 1 aliphatic rings. The summed E-state index contributed by atoms with van der Waals surface area (Å²) in [7, 11) is 0. The maximum Gasteiger partial charge on any atom is 0.257 e. The Labute approximate surface area is 144 Å². The number of carbonyl (C=O) groups excluding carboxylic acids is 1. The van der Waals surface area contributed by atoms with E-state index in [1.165, 1.54) is 12.3 Å². The lowest BCUT2D eigenvalue weighted by Gasteiger charge is -2.33. The van der Waals surface area contributed by atoms with Crippen molar-refractivity contribution in [2.75, 3.05) is 18.4 Å². The van der Waals surface area contributed by atoms with E-state index in [-0.39, 0.29) is 23.0 Å². The second-order valence-electron chi connectivity index (χ2n) is 5.71. The Hall–Kier alpha value is -2.59. The van der Waals surface area contributed by atoms with Gasteiger partial charge in [0.1, 0.15) is 18.2 Å². The molecule has 1 N–H and O–H groups in total. The number of likely N-dealkylation sites (tertiary alicyclic amines) is 1. The van der Waals surface area contributed by atoms with Gasteiger partial charge in [-0.05, 0) is 31.4 Å². The molecule has 3 rings (SSSR count). The number of carbonyl (C=O) groups is 1. The molecule has 24 heavy (non-hydrogen) atoms. The highest BCUT2D eigenvalue weighted by Gasteiger charge is 2.26. The van der Waals surface area contributed by atoms with Crippen LogP contribution in [0.5, 0.6) is 0 Å². The molecule has 0 aromatic carbocycles. The SMILES string of the molecule is Cc1cnc(C#N)nc1N[C@H]1CCCN(C(=O)c2coc(Cl)c2)C1. The van der Waals surface area contributed by atoms with E-state index >= 15 is 0 Å². The van der Waals surface area contributed by atoms with Gasteiger partial charge in [-0.25, -0.2) is 9.97 Å². The third-order valence-corrected chi connectivity index (χ3v) is 4.13. The summed E-state index contributed by atoms with van der Waals surface area (Å²) in [6.07, 6.45) is 4.79. The van der Waals surface area contributed by atoms with Gasteiger partial charge in [-0.3, -0.25) is 4.79 Å². The molecule has 7 nitrogen and oxygen atoms in total. The van der Waals surface area contributed by atoms with Crippen molar-refractivity contribution in [2.24, 2.45) is 0 Å². The standard InChI is InChI=1S/C16H16ClN5O2/c1-10-7-19-14(6-18)21-15(10)20-12-3-2-4-22(8-12)16(23)11-5-13(17)24-9-11/h5,7,9,12H,2-4,8H2,1H3,(H,19,20,21)/t12-/m0/s1. The van der Waals surface area contributed by atoms with Crippen molar-refractivity contribution in [1.29, 1.82) is 5.26 Å². The lowest BCUT2D eigenvalue weighted by Crippen LogP contribution is -2.45. The van der Waals surface area contributed by atoms with Crippen LogP contribution in [0.25, 0.3) is 0 Å². The zero-order chi connectivity index (χ0) is 17.1. The molecule has 2 aromatic rings. The van der Waals surface area contributed by atoms with Crippen LogP contribution in [0.3, 0.4) is 0 Å². The van der Waals surface area contributed by atoms with Crippen molar-refractivity contribution in [3.05, 3.63) is 40.7 Å². The largest absolute Gasteiger partial charge is 0.452 e. The number of halogens is 1. The normalized spacial score (nSPS) is 17.4. The van der Waals surface area contributed by atoms with Gasteiger partial charge in [-0.15, -0.1) is 0 Å². The van der Waals surface area contributed by atoms with E-state index in [0.717, 1.165) is 18.4 Å². The van der Waals surface area contributed by atoms with E-state index in [1.54, 1.807) is 11.1 Å². The first-order valence-electron chi connectivity index (χ1n) is 7.60. The molecule has 1 atom stereocenters. The number of piperidine rings is 1. The van der Waals surface area contributed by atoms with Crippen LogP contribution < -0.4 is 5.32 Å². The Morgan fingerprint density at radius 2 is 2.42 bits per heavy atom. The Bertz CT molecular complexity index is 798. The van der Waals surface area contributed by atoms with Gasteiger partial charge in [0.25, 0.3) is 5.91 Å². The zero-order valence-electron chi connectivity index (χ0n) is 13.1. The number of amides is 1. The fraction of sp³-hybridized carbons (Fsp3) is 0.375. The third-order valence-electron chi connectivity index (χ3n) is 3.94. The first-order valence-corrected chi connectivity index (χ1v) is 7.98. The number of rotatable bonds is 3. The fourth-order valence-electron chi connectivity index (χ4n) is 2.72. The third kappa shape index (κ3) is 3.49. The monoisotopic (exact) mass is 345 g/mol. The Kier molecular flexibility index (Phi) is 4.67. The summed E-state index contributed by atoms with van der Waals surface area (Å²) in [6.45, 7) is 3.11. The minimum atomic E-state index is -0.103. The molecule has 124 valence electrons. The van der Waals surface area contributed by atoms with Crippen LogP contribution in [0.1, 0.15) is 34.6 Å². The van der Waals surface area contributed by atoms with Crippen molar-refractivity contribution in [3.8, 4) is 6.07 Å². The van der Waals surface area contributed by atoms with E-state index in [1.807, 2.05) is 13.0 Å². The van der Waals surface area contributed by atoms with Gasteiger partial charge < -0.3 is 14.6 Å². The quantitative estimate of drug-likeness (QED) is 0.918. The average Bonchev–Trinajstić information content (AvgIpc) is 3.03. The van der Waals surface area contributed by atoms with Gasteiger partial charge in [-0.1, -0.05) is 0 Å². The molecule has 0 saturated carbocycles. The summed E-state index contributed by atoms with van der Waals surface area (Å²) in [5.41, 5.74) is 1.31. The molecule has 1 amide bonds. The van der Waals surface area contributed by atoms with Gasteiger partial charge in [0.05, 0.1) is 5.56 Å². The van der Waals surface area contributed by atoms with Crippen LogP contribution >= 0.6 is 11.6 Å². The summed E-state index contributed by atoms with van der Waals surface area (Å²) in [5.74, 6) is 0.654. The molecule has 2 aromatic heterocycles. The number of aryl methyl sites for hydroxylation is 1. The summed E-state index contributed by atoms with van der Waals surface area (Å²) >= 11 is 5.74. The minimum absolute atomic E-state index is 0.0604. The number of nitriles is 1. The highest BCUT2D eigenvalue weighted by atomic mass is 35.5. The van der Waals surface area contributed by atoms with Crippen LogP contribution in [0.2, 0.25) is 5.22 Å². The van der Waals surface area contributed by atoms with E-state index in [2.05, 4.69) is 15.3 Å². The second kappa shape index (κ2) is 6.89. The van der Waals surface area contributed by atoms with E-state index in [0.29, 0.717) is 24.5 Å². The number of anilines is 1. The van der Waals surface area contributed by atoms with Crippen LogP contribution in [-0.2, 0) is 0 Å². The minimum Gasteiger partial charge on any atom is -0.452 e. The highest BCUT2D eigenvalue weighted by Crippen LogP contribution is 2.20. The molecule has 1 aliphatic heterocycles. The van der Waals surface area contributed by atoms with Crippen LogP contribution in [-0.4, -0.2) is 39.9 Å². The van der Waals surface area contributed by atoms with Crippen molar-refractivity contribution >= 4 is 23.3 Å². The van der Waals surface area contributed by atoms with Crippen LogP contribution in [0, 0.1) is 18.3 Å². The Balaban J connectivity index is 1.70. The average molecular weight is 346 g/mol.